The van der Waals surface area contributed by atoms with Crippen molar-refractivity contribution in [2.24, 2.45) is 5.73 Å². The van der Waals surface area contributed by atoms with E-state index >= 15 is 0 Å². The first-order chi connectivity index (χ1) is 20.0. The molecule has 42 heavy (non-hydrogen) atoms. The van der Waals surface area contributed by atoms with Gasteiger partial charge in [-0.2, -0.15) is 22.0 Å². The maximum Gasteiger partial charge on any atom is 0.435 e. The monoisotopic (exact) mass is 586 g/mol. The highest BCUT2D eigenvalue weighted by atomic mass is 19.4. The third-order valence-corrected chi connectivity index (χ3v) is 6.68. The number of imidazole rings is 1. The van der Waals surface area contributed by atoms with Crippen molar-refractivity contribution in [3.63, 3.8) is 0 Å². The van der Waals surface area contributed by atoms with Gasteiger partial charge in [0.2, 0.25) is 5.91 Å². The van der Waals surface area contributed by atoms with Gasteiger partial charge in [-0.15, -0.1) is 0 Å². The molecule has 6 nitrogen and oxygen atoms in total. The standard InChI is InChI=1S/C31H31F5N4O2/c1-2-3-17-40-26(27(31(34,35)36)38-29(40)24-7-5-4-6-8-24)20-39(18-21-9-13-23(14-10-21)28(37)41)19-22-11-15-25(16-12-22)42-30(32)33/h4-16,30H,2-3,17-20H2,1H3,(H2,37,41). The summed E-state index contributed by atoms with van der Waals surface area (Å²) in [5.41, 5.74) is 6.74. The predicted octanol–water partition coefficient (Wildman–Crippen LogP) is 7.27. The Kier molecular flexibility index (Phi) is 9.95. The van der Waals surface area contributed by atoms with Gasteiger partial charge in [0.05, 0.1) is 5.69 Å². The zero-order valence-electron chi connectivity index (χ0n) is 23.0. The molecule has 0 radical (unpaired) electrons. The molecule has 4 rings (SSSR count). The van der Waals surface area contributed by atoms with Crippen molar-refractivity contribution in [2.75, 3.05) is 0 Å². The molecule has 3 aromatic carbocycles. The normalized spacial score (nSPS) is 11.8. The summed E-state index contributed by atoms with van der Waals surface area (Å²) in [4.78, 5) is 17.4. The fourth-order valence-corrected chi connectivity index (χ4v) is 4.69. The Bertz CT molecular complexity index is 1450. The van der Waals surface area contributed by atoms with Gasteiger partial charge in [-0.05, 0) is 41.8 Å². The second-order valence-corrected chi connectivity index (χ2v) is 9.83. The van der Waals surface area contributed by atoms with Crippen LogP contribution in [0.15, 0.2) is 78.9 Å². The first-order valence-electron chi connectivity index (χ1n) is 13.4. The third kappa shape index (κ3) is 7.94. The van der Waals surface area contributed by atoms with Gasteiger partial charge < -0.3 is 15.0 Å². The van der Waals surface area contributed by atoms with Gasteiger partial charge in [0, 0.05) is 37.3 Å². The number of unbranched alkanes of at least 4 members (excludes halogenated alkanes) is 1. The number of carbonyl (C=O) groups is 1. The maximum absolute atomic E-state index is 14.4. The van der Waals surface area contributed by atoms with Crippen molar-refractivity contribution in [3.8, 4) is 17.1 Å². The van der Waals surface area contributed by atoms with Crippen molar-refractivity contribution >= 4 is 5.91 Å². The Morgan fingerprint density at radius 3 is 2.05 bits per heavy atom. The summed E-state index contributed by atoms with van der Waals surface area (Å²) in [6.45, 7) is -0.342. The molecule has 0 aliphatic heterocycles. The van der Waals surface area contributed by atoms with Gasteiger partial charge >= 0.3 is 12.8 Å². The summed E-state index contributed by atoms with van der Waals surface area (Å²) < 4.78 is 74.6. The van der Waals surface area contributed by atoms with E-state index in [9.17, 15) is 26.7 Å². The first kappa shape index (κ1) is 30.7. The number of primary amides is 1. The number of carbonyl (C=O) groups excluding carboxylic acids is 1. The number of aromatic nitrogens is 2. The molecule has 0 saturated carbocycles. The number of nitrogens with zero attached hydrogens (tertiary/aromatic N) is 3. The minimum atomic E-state index is -4.70. The minimum Gasteiger partial charge on any atom is -0.435 e. The number of hydrogen-bond donors (Lipinski definition) is 1. The van der Waals surface area contributed by atoms with Crippen LogP contribution in [-0.4, -0.2) is 27.0 Å². The SMILES string of the molecule is CCCCn1c(-c2ccccc2)nc(C(F)(F)F)c1CN(Cc1ccc(OC(F)F)cc1)Cc1ccc(C(N)=O)cc1. The van der Waals surface area contributed by atoms with Crippen LogP contribution in [0, 0.1) is 0 Å². The molecule has 1 heterocycles. The average molecular weight is 587 g/mol. The van der Waals surface area contributed by atoms with Crippen LogP contribution in [0.3, 0.4) is 0 Å². The van der Waals surface area contributed by atoms with E-state index in [-0.39, 0.29) is 36.9 Å². The highest BCUT2D eigenvalue weighted by Gasteiger charge is 2.39. The van der Waals surface area contributed by atoms with Crippen LogP contribution in [0.2, 0.25) is 0 Å². The second-order valence-electron chi connectivity index (χ2n) is 9.83. The Morgan fingerprint density at radius 1 is 0.929 bits per heavy atom. The van der Waals surface area contributed by atoms with Gasteiger partial charge in [0.1, 0.15) is 11.6 Å². The summed E-state index contributed by atoms with van der Waals surface area (Å²) in [7, 11) is 0. The number of alkyl halides is 5. The third-order valence-electron chi connectivity index (χ3n) is 6.68. The van der Waals surface area contributed by atoms with Crippen LogP contribution in [-0.2, 0) is 32.4 Å². The lowest BCUT2D eigenvalue weighted by Crippen LogP contribution is -2.26. The van der Waals surface area contributed by atoms with Crippen molar-refractivity contribution in [1.82, 2.24) is 14.5 Å². The van der Waals surface area contributed by atoms with Crippen molar-refractivity contribution in [3.05, 3.63) is 107 Å². The summed E-state index contributed by atoms with van der Waals surface area (Å²) >= 11 is 0. The van der Waals surface area contributed by atoms with E-state index < -0.39 is 24.4 Å². The highest BCUT2D eigenvalue weighted by Crippen LogP contribution is 2.36. The summed E-state index contributed by atoms with van der Waals surface area (Å²) in [5, 5.41) is 0. The Balaban J connectivity index is 1.75. The van der Waals surface area contributed by atoms with Crippen LogP contribution in [0.5, 0.6) is 5.75 Å². The number of halogens is 5. The van der Waals surface area contributed by atoms with Crippen LogP contribution in [0.4, 0.5) is 22.0 Å². The quantitative estimate of drug-likeness (QED) is 0.167. The first-order valence-corrected chi connectivity index (χ1v) is 13.4. The number of benzene rings is 3. The Labute approximate surface area is 240 Å². The molecule has 222 valence electrons. The average Bonchev–Trinajstić information content (AvgIpc) is 3.32. The molecule has 4 aromatic rings. The van der Waals surface area contributed by atoms with Gasteiger partial charge in [0.15, 0.2) is 5.69 Å². The molecular formula is C31H31F5N4O2. The zero-order chi connectivity index (χ0) is 30.3. The largest absolute Gasteiger partial charge is 0.435 e. The summed E-state index contributed by atoms with van der Waals surface area (Å²) in [6, 6.07) is 21.2. The van der Waals surface area contributed by atoms with E-state index in [4.69, 9.17) is 5.73 Å². The number of ether oxygens (including phenoxy) is 1. The minimum absolute atomic E-state index is 0.0214. The van der Waals surface area contributed by atoms with Crippen molar-refractivity contribution in [1.29, 1.82) is 0 Å². The molecule has 0 aliphatic rings. The molecule has 2 N–H and O–H groups in total. The fourth-order valence-electron chi connectivity index (χ4n) is 4.69. The van der Waals surface area contributed by atoms with Crippen LogP contribution >= 0.6 is 0 Å². The molecule has 0 atom stereocenters. The van der Waals surface area contributed by atoms with E-state index in [0.717, 1.165) is 12.0 Å². The lowest BCUT2D eigenvalue weighted by Gasteiger charge is -2.25. The van der Waals surface area contributed by atoms with Crippen LogP contribution in [0.25, 0.3) is 11.4 Å². The van der Waals surface area contributed by atoms with E-state index in [1.165, 1.54) is 12.1 Å². The zero-order valence-corrected chi connectivity index (χ0v) is 23.0. The fraction of sp³-hybridized carbons (Fsp3) is 0.290. The second kappa shape index (κ2) is 13.6. The summed E-state index contributed by atoms with van der Waals surface area (Å²) in [6.07, 6.45) is -3.27. The van der Waals surface area contributed by atoms with Crippen LogP contribution in [0.1, 0.15) is 52.6 Å². The smallest absolute Gasteiger partial charge is 0.435 e. The molecule has 0 saturated heterocycles. The molecule has 11 heteroatoms. The molecule has 0 unspecified atom stereocenters. The molecule has 0 bridgehead atoms. The summed E-state index contributed by atoms with van der Waals surface area (Å²) in [5.74, 6) is -0.370. The number of amides is 1. The van der Waals surface area contributed by atoms with E-state index in [0.29, 0.717) is 29.7 Å². The topological polar surface area (TPSA) is 73.4 Å². The lowest BCUT2D eigenvalue weighted by atomic mass is 10.1. The lowest BCUT2D eigenvalue weighted by molar-refractivity contribution is -0.141. The van der Waals surface area contributed by atoms with E-state index in [1.54, 1.807) is 71.3 Å². The molecule has 1 amide bonds. The van der Waals surface area contributed by atoms with Crippen LogP contribution < -0.4 is 10.5 Å². The van der Waals surface area contributed by atoms with Gasteiger partial charge in [-0.1, -0.05) is 67.9 Å². The molecule has 0 spiro atoms. The Hall–Kier alpha value is -4.25. The number of hydrogen-bond acceptors (Lipinski definition) is 4. The van der Waals surface area contributed by atoms with Gasteiger partial charge in [-0.3, -0.25) is 9.69 Å². The van der Waals surface area contributed by atoms with Gasteiger partial charge in [0.25, 0.3) is 0 Å². The molecule has 0 aliphatic carbocycles. The van der Waals surface area contributed by atoms with Gasteiger partial charge in [-0.25, -0.2) is 4.98 Å². The number of rotatable bonds is 13. The molecular weight excluding hydrogens is 555 g/mol. The highest BCUT2D eigenvalue weighted by molar-refractivity contribution is 5.92. The maximum atomic E-state index is 14.4. The Morgan fingerprint density at radius 2 is 1.52 bits per heavy atom. The number of nitrogens with two attached hydrogens (primary N) is 1. The van der Waals surface area contributed by atoms with Crippen molar-refractivity contribution < 1.29 is 31.5 Å². The molecule has 1 aromatic heterocycles. The predicted molar refractivity (Wildman–Crippen MR) is 149 cm³/mol. The van der Waals surface area contributed by atoms with Crippen molar-refractivity contribution in [2.45, 2.75) is 58.7 Å². The van der Waals surface area contributed by atoms with E-state index in [1.807, 2.05) is 11.8 Å². The van der Waals surface area contributed by atoms with E-state index in [2.05, 4.69) is 9.72 Å². The molecule has 0 fully saturated rings.